The van der Waals surface area contributed by atoms with Gasteiger partial charge in [0.1, 0.15) is 0 Å². The third-order valence-electron chi connectivity index (χ3n) is 3.46. The first kappa shape index (κ1) is 15.1. The maximum Gasteiger partial charge on any atom is 0.436 e. The standard InChI is InChI=1S/C13H12ClF3N4O/c14-10-11(8-2-3-8)21(19-12(10)13(15,16)17)7-4-9(22)20-6-1-5-18-20/h1,5-6,8H,2-4,7H2. The number of carbonyl (C=O) groups excluding carboxylic acids is 1. The van der Waals surface area contributed by atoms with E-state index < -0.39 is 11.9 Å². The van der Waals surface area contributed by atoms with Crippen LogP contribution in [-0.2, 0) is 12.7 Å². The van der Waals surface area contributed by atoms with Gasteiger partial charge < -0.3 is 0 Å². The molecule has 0 radical (unpaired) electrons. The minimum absolute atomic E-state index is 0.00327. The zero-order valence-electron chi connectivity index (χ0n) is 11.3. The molecule has 0 aromatic carbocycles. The lowest BCUT2D eigenvalue weighted by molar-refractivity contribution is -0.141. The van der Waals surface area contributed by atoms with Gasteiger partial charge in [-0.15, -0.1) is 0 Å². The number of alkyl halides is 3. The summed E-state index contributed by atoms with van der Waals surface area (Å²) in [6.45, 7) is 0.0420. The molecule has 3 rings (SSSR count). The van der Waals surface area contributed by atoms with Crippen molar-refractivity contribution in [1.82, 2.24) is 19.6 Å². The van der Waals surface area contributed by atoms with Crippen LogP contribution in [0.1, 0.15) is 41.4 Å². The van der Waals surface area contributed by atoms with Gasteiger partial charge in [0.2, 0.25) is 5.91 Å². The van der Waals surface area contributed by atoms with E-state index in [9.17, 15) is 18.0 Å². The average molecular weight is 333 g/mol. The van der Waals surface area contributed by atoms with Gasteiger partial charge >= 0.3 is 6.18 Å². The van der Waals surface area contributed by atoms with Crippen LogP contribution in [0.25, 0.3) is 0 Å². The monoisotopic (exact) mass is 332 g/mol. The van der Waals surface area contributed by atoms with Crippen molar-refractivity contribution in [2.45, 2.75) is 37.9 Å². The van der Waals surface area contributed by atoms with Gasteiger partial charge in [-0.1, -0.05) is 11.6 Å². The van der Waals surface area contributed by atoms with E-state index in [1.807, 2.05) is 0 Å². The summed E-state index contributed by atoms with van der Waals surface area (Å²) in [4.78, 5) is 11.9. The second kappa shape index (κ2) is 5.42. The molecule has 1 aliphatic rings. The highest BCUT2D eigenvalue weighted by atomic mass is 35.5. The fraction of sp³-hybridized carbons (Fsp3) is 0.462. The van der Waals surface area contributed by atoms with E-state index in [2.05, 4.69) is 10.2 Å². The molecule has 2 heterocycles. The normalized spacial score (nSPS) is 15.3. The Bertz CT molecular complexity index is 689. The number of aromatic nitrogens is 4. The van der Waals surface area contributed by atoms with Crippen molar-refractivity contribution in [2.75, 3.05) is 0 Å². The largest absolute Gasteiger partial charge is 0.436 e. The van der Waals surface area contributed by atoms with Crippen LogP contribution in [0.3, 0.4) is 0 Å². The summed E-state index contributed by atoms with van der Waals surface area (Å²) in [5.74, 6) is -0.317. The van der Waals surface area contributed by atoms with Crippen LogP contribution in [0, 0.1) is 0 Å². The molecule has 1 fully saturated rings. The Morgan fingerprint density at radius 3 is 2.68 bits per heavy atom. The van der Waals surface area contributed by atoms with Gasteiger partial charge in [0.25, 0.3) is 0 Å². The van der Waals surface area contributed by atoms with Crippen LogP contribution in [0.2, 0.25) is 5.02 Å². The summed E-state index contributed by atoms with van der Waals surface area (Å²) in [5.41, 5.74) is -0.704. The van der Waals surface area contributed by atoms with Crippen molar-refractivity contribution in [1.29, 1.82) is 0 Å². The maximum absolute atomic E-state index is 12.9. The summed E-state index contributed by atoms with van der Waals surface area (Å²) >= 11 is 5.86. The topological polar surface area (TPSA) is 52.7 Å². The zero-order chi connectivity index (χ0) is 15.9. The number of carbonyl (C=O) groups is 1. The maximum atomic E-state index is 12.9. The van der Waals surface area contributed by atoms with Gasteiger partial charge in [0.05, 0.1) is 17.3 Å². The first-order valence-electron chi connectivity index (χ1n) is 6.74. The summed E-state index contributed by atoms with van der Waals surface area (Å²) in [6, 6.07) is 1.60. The van der Waals surface area contributed by atoms with Crippen molar-refractivity contribution in [3.8, 4) is 0 Å². The number of aryl methyl sites for hydroxylation is 1. The molecular weight excluding hydrogens is 321 g/mol. The van der Waals surface area contributed by atoms with Crippen LogP contribution < -0.4 is 0 Å². The van der Waals surface area contributed by atoms with Crippen LogP contribution >= 0.6 is 11.6 Å². The summed E-state index contributed by atoms with van der Waals surface area (Å²) < 4.78 is 41.1. The number of nitrogens with zero attached hydrogens (tertiary/aromatic N) is 4. The Labute approximate surface area is 128 Å². The van der Waals surface area contributed by atoms with Gasteiger partial charge in [-0.05, 0) is 18.9 Å². The van der Waals surface area contributed by atoms with E-state index in [4.69, 9.17) is 11.6 Å². The van der Waals surface area contributed by atoms with E-state index in [0.717, 1.165) is 17.5 Å². The number of halogens is 4. The van der Waals surface area contributed by atoms with Gasteiger partial charge in [-0.25, -0.2) is 4.68 Å². The molecule has 0 spiro atoms. The van der Waals surface area contributed by atoms with Crippen molar-refractivity contribution < 1.29 is 18.0 Å². The summed E-state index contributed by atoms with van der Waals surface area (Å²) in [5, 5.41) is 7.02. The molecule has 0 bridgehead atoms. The van der Waals surface area contributed by atoms with Gasteiger partial charge in [0, 0.05) is 24.7 Å². The fourth-order valence-corrected chi connectivity index (χ4v) is 2.68. The number of hydrogen-bond acceptors (Lipinski definition) is 3. The predicted octanol–water partition coefficient (Wildman–Crippen LogP) is 3.36. The van der Waals surface area contributed by atoms with E-state index in [1.165, 1.54) is 17.1 Å². The minimum Gasteiger partial charge on any atom is -0.273 e. The Morgan fingerprint density at radius 2 is 2.14 bits per heavy atom. The molecule has 0 atom stereocenters. The molecule has 2 aromatic rings. The predicted molar refractivity (Wildman–Crippen MR) is 71.7 cm³/mol. The second-order valence-corrected chi connectivity index (χ2v) is 5.52. The molecule has 0 aliphatic heterocycles. The zero-order valence-corrected chi connectivity index (χ0v) is 12.1. The molecule has 0 amide bonds. The third kappa shape index (κ3) is 2.87. The van der Waals surface area contributed by atoms with Gasteiger partial charge in [-0.3, -0.25) is 9.48 Å². The Balaban J connectivity index is 1.82. The number of hydrogen-bond donors (Lipinski definition) is 0. The Morgan fingerprint density at radius 1 is 1.41 bits per heavy atom. The molecule has 0 saturated heterocycles. The summed E-state index contributed by atoms with van der Waals surface area (Å²) in [7, 11) is 0. The van der Waals surface area contributed by atoms with Gasteiger partial charge in [-0.2, -0.15) is 23.4 Å². The first-order valence-corrected chi connectivity index (χ1v) is 7.12. The van der Waals surface area contributed by atoms with E-state index >= 15 is 0 Å². The van der Waals surface area contributed by atoms with Crippen molar-refractivity contribution in [3.63, 3.8) is 0 Å². The van der Waals surface area contributed by atoms with Crippen molar-refractivity contribution >= 4 is 17.5 Å². The highest BCUT2D eigenvalue weighted by Gasteiger charge is 2.41. The fourth-order valence-electron chi connectivity index (χ4n) is 2.28. The van der Waals surface area contributed by atoms with E-state index in [-0.39, 0.29) is 29.8 Å². The van der Waals surface area contributed by atoms with Crippen LogP contribution in [0.15, 0.2) is 18.5 Å². The lowest BCUT2D eigenvalue weighted by Gasteiger charge is -2.06. The Kier molecular flexibility index (Phi) is 3.72. The first-order chi connectivity index (χ1) is 10.4. The van der Waals surface area contributed by atoms with Crippen LogP contribution in [-0.4, -0.2) is 25.5 Å². The average Bonchev–Trinajstić information content (AvgIpc) is 3.00. The highest BCUT2D eigenvalue weighted by Crippen LogP contribution is 2.46. The van der Waals surface area contributed by atoms with Crippen molar-refractivity contribution in [3.05, 3.63) is 34.9 Å². The molecule has 118 valence electrons. The third-order valence-corrected chi connectivity index (χ3v) is 3.83. The molecule has 0 unspecified atom stereocenters. The highest BCUT2D eigenvalue weighted by molar-refractivity contribution is 6.32. The molecule has 5 nitrogen and oxygen atoms in total. The molecular formula is C13H12ClF3N4O. The van der Waals surface area contributed by atoms with E-state index in [1.54, 1.807) is 6.07 Å². The van der Waals surface area contributed by atoms with E-state index in [0.29, 0.717) is 5.69 Å². The molecule has 1 saturated carbocycles. The number of rotatable bonds is 4. The van der Waals surface area contributed by atoms with Gasteiger partial charge in [0.15, 0.2) is 5.69 Å². The second-order valence-electron chi connectivity index (χ2n) is 5.14. The lowest BCUT2D eigenvalue weighted by Crippen LogP contribution is -2.16. The SMILES string of the molecule is O=C(CCn1nc(C(F)(F)F)c(Cl)c1C1CC1)n1cccn1. The van der Waals surface area contributed by atoms with Crippen molar-refractivity contribution in [2.24, 2.45) is 0 Å². The lowest BCUT2D eigenvalue weighted by atomic mass is 10.2. The molecule has 9 heteroatoms. The molecule has 22 heavy (non-hydrogen) atoms. The van der Waals surface area contributed by atoms with Crippen LogP contribution in [0.5, 0.6) is 0 Å². The smallest absolute Gasteiger partial charge is 0.273 e. The molecule has 0 N–H and O–H groups in total. The van der Waals surface area contributed by atoms with Crippen LogP contribution in [0.4, 0.5) is 13.2 Å². The summed E-state index contributed by atoms with van der Waals surface area (Å²) in [6.07, 6.45) is -0.0816. The molecule has 2 aromatic heterocycles. The molecule has 1 aliphatic carbocycles. The quantitative estimate of drug-likeness (QED) is 0.862. The Hall–Kier alpha value is -1.83. The minimum atomic E-state index is -4.60.